The average Bonchev–Trinajstić information content (AvgIpc) is 3.31. The van der Waals surface area contributed by atoms with Crippen molar-refractivity contribution in [2.24, 2.45) is 0 Å². The number of benzene rings is 1. The molecule has 4 aromatic rings. The van der Waals surface area contributed by atoms with Crippen LogP contribution in [0.3, 0.4) is 0 Å². The van der Waals surface area contributed by atoms with E-state index in [0.29, 0.717) is 34.8 Å². The van der Waals surface area contributed by atoms with Crippen molar-refractivity contribution >= 4 is 34.1 Å². The predicted molar refractivity (Wildman–Crippen MR) is 111 cm³/mol. The zero-order valence-electron chi connectivity index (χ0n) is 16.2. The van der Waals surface area contributed by atoms with Gasteiger partial charge in [-0.1, -0.05) is 43.6 Å². The van der Waals surface area contributed by atoms with Crippen molar-refractivity contribution in [1.29, 1.82) is 0 Å². The third-order valence-electron chi connectivity index (χ3n) is 5.04. The molecule has 0 bridgehead atoms. The molecule has 0 fully saturated rings. The van der Waals surface area contributed by atoms with E-state index in [1.165, 1.54) is 4.68 Å². The van der Waals surface area contributed by atoms with Gasteiger partial charge in [-0.3, -0.25) is 14.0 Å². The van der Waals surface area contributed by atoms with Crippen molar-refractivity contribution in [3.05, 3.63) is 69.4 Å². The largest absolute Gasteiger partial charge is 0.463 e. The molecule has 0 spiro atoms. The Hall–Kier alpha value is -3.06. The van der Waals surface area contributed by atoms with Crippen LogP contribution in [0, 0.1) is 0 Å². The number of nitrogens with zero attached hydrogens (tertiary/aromatic N) is 3. The molecule has 1 aromatic carbocycles. The monoisotopic (exact) mass is 412 g/mol. The summed E-state index contributed by atoms with van der Waals surface area (Å²) in [7, 11) is 0. The van der Waals surface area contributed by atoms with E-state index in [4.69, 9.17) is 16.0 Å². The van der Waals surface area contributed by atoms with Gasteiger partial charge in [-0.2, -0.15) is 5.10 Å². The number of aryl methyl sites for hydroxylation is 1. The molecule has 150 valence electrons. The Kier molecular flexibility index (Phi) is 5.15. The molecule has 1 amide bonds. The zero-order valence-corrected chi connectivity index (χ0v) is 16.9. The van der Waals surface area contributed by atoms with Crippen molar-refractivity contribution in [3.8, 4) is 0 Å². The normalized spacial score (nSPS) is 12.5. The van der Waals surface area contributed by atoms with Gasteiger partial charge in [-0.15, -0.1) is 0 Å². The maximum atomic E-state index is 13.1. The van der Waals surface area contributed by atoms with Crippen LogP contribution in [0.15, 0.2) is 51.9 Å². The number of nitrogens with one attached hydrogen (secondary N) is 1. The van der Waals surface area contributed by atoms with E-state index < -0.39 is 6.04 Å². The Morgan fingerprint density at radius 1 is 1.24 bits per heavy atom. The quantitative estimate of drug-likeness (QED) is 0.523. The summed E-state index contributed by atoms with van der Waals surface area (Å²) in [6, 6.07) is 10.1. The number of rotatable bonds is 6. The summed E-state index contributed by atoms with van der Waals surface area (Å²) in [6.45, 7) is 4.10. The highest BCUT2D eigenvalue weighted by Gasteiger charge is 2.24. The first kappa shape index (κ1) is 19.3. The summed E-state index contributed by atoms with van der Waals surface area (Å²) >= 11 is 6.17. The van der Waals surface area contributed by atoms with Gasteiger partial charge in [-0.25, -0.2) is 4.68 Å². The van der Waals surface area contributed by atoms with Gasteiger partial charge in [0.05, 0.1) is 11.8 Å². The summed E-state index contributed by atoms with van der Waals surface area (Å²) in [5.74, 6) is 0.414. The molecular formula is C21H21ClN4O3. The standard InChI is InChI=1S/C21H21ClN4O3/c1-3-15(20(27)23-12-13-7-5-6-8-14(13)22)26-21(28)17-11-18-16(9-10-29-18)25(17)19(4-2)24-26/h5-11,15H,3-4,12H2,1-2H3,(H,23,27)/t15-/m0/s1. The Balaban J connectivity index is 1.71. The number of halogens is 1. The highest BCUT2D eigenvalue weighted by Crippen LogP contribution is 2.22. The molecule has 1 atom stereocenters. The van der Waals surface area contributed by atoms with Gasteiger partial charge < -0.3 is 9.73 Å². The van der Waals surface area contributed by atoms with Crippen molar-refractivity contribution in [2.75, 3.05) is 0 Å². The number of hydrogen-bond donors (Lipinski definition) is 1. The number of amides is 1. The van der Waals surface area contributed by atoms with E-state index in [1.807, 2.05) is 32.0 Å². The van der Waals surface area contributed by atoms with Crippen LogP contribution < -0.4 is 10.9 Å². The van der Waals surface area contributed by atoms with Gasteiger partial charge in [0.1, 0.15) is 17.4 Å². The lowest BCUT2D eigenvalue weighted by Gasteiger charge is -2.18. The second kappa shape index (κ2) is 7.75. The maximum absolute atomic E-state index is 13.1. The third kappa shape index (κ3) is 3.31. The Labute approximate surface area is 171 Å². The molecule has 8 heteroatoms. The van der Waals surface area contributed by atoms with Crippen molar-refractivity contribution < 1.29 is 9.21 Å². The van der Waals surface area contributed by atoms with E-state index in [9.17, 15) is 9.59 Å². The molecule has 3 aromatic heterocycles. The lowest BCUT2D eigenvalue weighted by atomic mass is 10.2. The van der Waals surface area contributed by atoms with Gasteiger partial charge in [0.25, 0.3) is 5.56 Å². The molecule has 0 saturated carbocycles. The van der Waals surface area contributed by atoms with Gasteiger partial charge in [-0.05, 0) is 18.1 Å². The van der Waals surface area contributed by atoms with E-state index in [2.05, 4.69) is 10.4 Å². The van der Waals surface area contributed by atoms with E-state index in [0.717, 1.165) is 11.1 Å². The molecule has 0 aliphatic carbocycles. The molecule has 0 radical (unpaired) electrons. The van der Waals surface area contributed by atoms with Gasteiger partial charge in [0.15, 0.2) is 5.58 Å². The Morgan fingerprint density at radius 3 is 2.76 bits per heavy atom. The van der Waals surface area contributed by atoms with Crippen LogP contribution in [0.5, 0.6) is 0 Å². The molecule has 4 rings (SSSR count). The minimum absolute atomic E-state index is 0.274. The summed E-state index contributed by atoms with van der Waals surface area (Å²) in [5.41, 5.74) is 2.35. The van der Waals surface area contributed by atoms with Crippen molar-refractivity contribution in [1.82, 2.24) is 19.5 Å². The molecule has 3 heterocycles. The summed E-state index contributed by atoms with van der Waals surface area (Å²) in [5, 5.41) is 7.98. The summed E-state index contributed by atoms with van der Waals surface area (Å²) < 4.78 is 8.53. The fraction of sp³-hybridized carbons (Fsp3) is 0.286. The highest BCUT2D eigenvalue weighted by molar-refractivity contribution is 6.31. The molecule has 29 heavy (non-hydrogen) atoms. The average molecular weight is 413 g/mol. The lowest BCUT2D eigenvalue weighted by Crippen LogP contribution is -2.39. The van der Waals surface area contributed by atoms with Crippen LogP contribution in [0.4, 0.5) is 0 Å². The summed E-state index contributed by atoms with van der Waals surface area (Å²) in [4.78, 5) is 26.0. The first-order valence-electron chi connectivity index (χ1n) is 9.56. The Morgan fingerprint density at radius 2 is 2.03 bits per heavy atom. The smallest absolute Gasteiger partial charge is 0.291 e. The van der Waals surface area contributed by atoms with Crippen LogP contribution in [-0.2, 0) is 17.8 Å². The SMILES string of the molecule is CCc1nn([C@@H](CC)C(=O)NCc2ccccc2Cl)c(=O)c2cc3occc3n12. The number of aromatic nitrogens is 3. The van der Waals surface area contributed by atoms with E-state index in [-0.39, 0.29) is 18.0 Å². The number of carbonyl (C=O) groups excluding carboxylic acids is 1. The second-order valence-corrected chi connectivity index (χ2v) is 7.20. The van der Waals surface area contributed by atoms with E-state index >= 15 is 0 Å². The van der Waals surface area contributed by atoms with Crippen LogP contribution in [0.2, 0.25) is 5.02 Å². The molecule has 0 aliphatic heterocycles. The Bertz CT molecular complexity index is 1250. The second-order valence-electron chi connectivity index (χ2n) is 6.79. The molecular weight excluding hydrogens is 392 g/mol. The van der Waals surface area contributed by atoms with Crippen LogP contribution in [0.1, 0.15) is 37.7 Å². The molecule has 7 nitrogen and oxygen atoms in total. The molecule has 0 unspecified atom stereocenters. The van der Waals surface area contributed by atoms with Gasteiger partial charge in [0, 0.05) is 30.1 Å². The fourth-order valence-corrected chi connectivity index (χ4v) is 3.75. The predicted octanol–water partition coefficient (Wildman–Crippen LogP) is 3.73. The number of furan rings is 1. The number of fused-ring (bicyclic) bond motifs is 3. The highest BCUT2D eigenvalue weighted by atomic mass is 35.5. The minimum Gasteiger partial charge on any atom is -0.463 e. The fourth-order valence-electron chi connectivity index (χ4n) is 3.54. The third-order valence-corrected chi connectivity index (χ3v) is 5.41. The zero-order chi connectivity index (χ0) is 20.5. The molecule has 0 aliphatic rings. The minimum atomic E-state index is -0.721. The summed E-state index contributed by atoms with van der Waals surface area (Å²) in [6.07, 6.45) is 2.61. The topological polar surface area (TPSA) is 81.5 Å². The lowest BCUT2D eigenvalue weighted by molar-refractivity contribution is -0.125. The number of carbonyl (C=O) groups is 1. The van der Waals surface area contributed by atoms with Gasteiger partial charge in [0.2, 0.25) is 5.91 Å². The van der Waals surface area contributed by atoms with Crippen molar-refractivity contribution in [2.45, 2.75) is 39.3 Å². The van der Waals surface area contributed by atoms with Crippen LogP contribution in [-0.4, -0.2) is 20.1 Å². The molecule has 1 N–H and O–H groups in total. The maximum Gasteiger partial charge on any atom is 0.291 e. The van der Waals surface area contributed by atoms with Crippen LogP contribution >= 0.6 is 11.6 Å². The van der Waals surface area contributed by atoms with Crippen molar-refractivity contribution in [3.63, 3.8) is 0 Å². The molecule has 0 saturated heterocycles. The number of hydrogen-bond acceptors (Lipinski definition) is 4. The first-order valence-corrected chi connectivity index (χ1v) is 9.94. The van der Waals surface area contributed by atoms with Crippen LogP contribution in [0.25, 0.3) is 16.6 Å². The van der Waals surface area contributed by atoms with E-state index in [1.54, 1.807) is 28.9 Å². The first-order chi connectivity index (χ1) is 14.0. The van der Waals surface area contributed by atoms with Gasteiger partial charge >= 0.3 is 0 Å².